The molecule has 1 aromatic rings. The average molecular weight is 372 g/mol. The molecule has 0 saturated carbocycles. The van der Waals surface area contributed by atoms with Crippen LogP contribution >= 0.6 is 0 Å². The summed E-state index contributed by atoms with van der Waals surface area (Å²) in [6, 6.07) is 4.28. The zero-order valence-corrected chi connectivity index (χ0v) is 15.3. The first kappa shape index (κ1) is 21.1. The summed E-state index contributed by atoms with van der Waals surface area (Å²) in [5.74, 6) is -1.57. The van der Waals surface area contributed by atoms with Crippen LogP contribution in [0.25, 0.3) is 0 Å². The molecule has 0 saturated heterocycles. The number of sulfonamides is 1. The second-order valence-electron chi connectivity index (χ2n) is 5.91. The molecule has 0 aliphatic heterocycles. The standard InChI is InChI=1S/C16H24N2O6S/c1-11(2)10-14(16(20)21)18-15(19)12-4-6-13(7-5-12)25(22,23)17-8-9-24-3/h4-7,11,14,17H,8-10H2,1-3H3,(H,18,19)(H,20,21)/t14-/m0/s1. The molecule has 9 heteroatoms. The molecular formula is C16H24N2O6S. The van der Waals surface area contributed by atoms with Crippen molar-refractivity contribution in [2.24, 2.45) is 5.92 Å². The lowest BCUT2D eigenvalue weighted by Gasteiger charge is -2.16. The summed E-state index contributed by atoms with van der Waals surface area (Å²) in [5.41, 5.74) is 0.186. The van der Waals surface area contributed by atoms with Gasteiger partial charge in [-0.15, -0.1) is 0 Å². The highest BCUT2D eigenvalue weighted by Crippen LogP contribution is 2.12. The molecule has 0 unspecified atom stereocenters. The van der Waals surface area contributed by atoms with Gasteiger partial charge in [0, 0.05) is 19.2 Å². The molecule has 0 spiro atoms. The number of hydrogen-bond donors (Lipinski definition) is 3. The van der Waals surface area contributed by atoms with E-state index in [1.54, 1.807) is 0 Å². The van der Waals surface area contributed by atoms with Gasteiger partial charge in [-0.3, -0.25) is 4.79 Å². The van der Waals surface area contributed by atoms with E-state index in [0.717, 1.165) is 0 Å². The third kappa shape index (κ3) is 6.81. The number of carbonyl (C=O) groups excluding carboxylic acids is 1. The van der Waals surface area contributed by atoms with Crippen LogP contribution in [-0.4, -0.2) is 51.7 Å². The van der Waals surface area contributed by atoms with Crippen LogP contribution in [0.3, 0.4) is 0 Å². The van der Waals surface area contributed by atoms with Crippen molar-refractivity contribution in [2.75, 3.05) is 20.3 Å². The maximum atomic E-state index is 12.2. The first-order valence-corrected chi connectivity index (χ1v) is 9.28. The molecule has 25 heavy (non-hydrogen) atoms. The fraction of sp³-hybridized carbons (Fsp3) is 0.500. The summed E-state index contributed by atoms with van der Waals surface area (Å²) in [5, 5.41) is 11.6. The van der Waals surface area contributed by atoms with Gasteiger partial charge in [-0.05, 0) is 36.6 Å². The summed E-state index contributed by atoms with van der Waals surface area (Å²) >= 11 is 0. The molecule has 1 rings (SSSR count). The number of rotatable bonds is 10. The Morgan fingerprint density at radius 2 is 1.80 bits per heavy atom. The molecule has 1 atom stereocenters. The van der Waals surface area contributed by atoms with Crippen LogP contribution in [0.2, 0.25) is 0 Å². The third-order valence-electron chi connectivity index (χ3n) is 3.34. The lowest BCUT2D eigenvalue weighted by Crippen LogP contribution is -2.41. The minimum atomic E-state index is -3.68. The second kappa shape index (κ2) is 9.50. The Morgan fingerprint density at radius 1 is 1.20 bits per heavy atom. The molecule has 0 bridgehead atoms. The van der Waals surface area contributed by atoms with Crippen LogP contribution in [0.5, 0.6) is 0 Å². The Labute approximate surface area is 147 Å². The van der Waals surface area contributed by atoms with Crippen molar-refractivity contribution in [1.82, 2.24) is 10.0 Å². The fourth-order valence-corrected chi connectivity index (χ4v) is 3.09. The Kier molecular flexibility index (Phi) is 8.01. The number of hydrogen-bond acceptors (Lipinski definition) is 5. The lowest BCUT2D eigenvalue weighted by molar-refractivity contribution is -0.139. The predicted molar refractivity (Wildman–Crippen MR) is 91.9 cm³/mol. The Morgan fingerprint density at radius 3 is 2.28 bits per heavy atom. The summed E-state index contributed by atoms with van der Waals surface area (Å²) in [7, 11) is -2.22. The van der Waals surface area contributed by atoms with Gasteiger partial charge in [0.15, 0.2) is 0 Å². The molecule has 0 heterocycles. The number of benzene rings is 1. The van der Waals surface area contributed by atoms with E-state index in [2.05, 4.69) is 10.0 Å². The highest BCUT2D eigenvalue weighted by Gasteiger charge is 2.22. The van der Waals surface area contributed by atoms with Crippen molar-refractivity contribution in [3.63, 3.8) is 0 Å². The van der Waals surface area contributed by atoms with E-state index in [9.17, 15) is 18.0 Å². The van der Waals surface area contributed by atoms with Gasteiger partial charge < -0.3 is 15.2 Å². The predicted octanol–water partition coefficient (Wildman–Crippen LogP) is 0.840. The number of carboxylic acids is 1. The fourth-order valence-electron chi connectivity index (χ4n) is 2.08. The molecule has 1 amide bonds. The molecule has 0 radical (unpaired) electrons. The zero-order valence-electron chi connectivity index (χ0n) is 14.5. The molecule has 0 aromatic heterocycles. The van der Waals surface area contributed by atoms with Crippen molar-refractivity contribution >= 4 is 21.9 Å². The molecule has 3 N–H and O–H groups in total. The molecule has 0 fully saturated rings. The van der Waals surface area contributed by atoms with Crippen LogP contribution in [0, 0.1) is 5.92 Å². The maximum Gasteiger partial charge on any atom is 0.326 e. The Bertz CT molecular complexity index is 685. The summed E-state index contributed by atoms with van der Waals surface area (Å²) < 4.78 is 31.2. The second-order valence-corrected chi connectivity index (χ2v) is 7.68. The Hall–Kier alpha value is -1.97. The van der Waals surface area contributed by atoms with E-state index in [0.29, 0.717) is 6.42 Å². The SMILES string of the molecule is COCCNS(=O)(=O)c1ccc(C(=O)N[C@@H](CC(C)C)C(=O)O)cc1. The number of carboxylic acid groups (broad SMARTS) is 1. The number of aliphatic carboxylic acids is 1. The van der Waals surface area contributed by atoms with E-state index in [1.807, 2.05) is 13.8 Å². The molecule has 0 aliphatic carbocycles. The minimum absolute atomic E-state index is 0.0112. The van der Waals surface area contributed by atoms with Gasteiger partial charge in [-0.2, -0.15) is 0 Å². The largest absolute Gasteiger partial charge is 0.480 e. The number of carbonyl (C=O) groups is 2. The van der Waals surface area contributed by atoms with E-state index in [1.165, 1.54) is 31.4 Å². The number of ether oxygens (including phenoxy) is 1. The van der Waals surface area contributed by atoms with Crippen LogP contribution < -0.4 is 10.0 Å². The first-order chi connectivity index (χ1) is 11.7. The summed E-state index contributed by atoms with van der Waals surface area (Å²) in [4.78, 5) is 23.4. The Balaban J connectivity index is 2.81. The van der Waals surface area contributed by atoms with E-state index in [-0.39, 0.29) is 29.5 Å². The summed E-state index contributed by atoms with van der Waals surface area (Å²) in [6.45, 7) is 4.10. The highest BCUT2D eigenvalue weighted by molar-refractivity contribution is 7.89. The van der Waals surface area contributed by atoms with Gasteiger partial charge in [-0.25, -0.2) is 17.9 Å². The topological polar surface area (TPSA) is 122 Å². The summed E-state index contributed by atoms with van der Waals surface area (Å²) in [6.07, 6.45) is 0.303. The van der Waals surface area contributed by atoms with E-state index >= 15 is 0 Å². The number of nitrogens with one attached hydrogen (secondary N) is 2. The van der Waals surface area contributed by atoms with Crippen molar-refractivity contribution in [3.8, 4) is 0 Å². The third-order valence-corrected chi connectivity index (χ3v) is 4.81. The van der Waals surface area contributed by atoms with Crippen molar-refractivity contribution in [1.29, 1.82) is 0 Å². The first-order valence-electron chi connectivity index (χ1n) is 7.79. The lowest BCUT2D eigenvalue weighted by atomic mass is 10.0. The van der Waals surface area contributed by atoms with Crippen molar-refractivity contribution in [2.45, 2.75) is 31.2 Å². The van der Waals surface area contributed by atoms with Crippen LogP contribution in [0.1, 0.15) is 30.6 Å². The highest BCUT2D eigenvalue weighted by atomic mass is 32.2. The normalized spacial score (nSPS) is 12.8. The van der Waals surface area contributed by atoms with Gasteiger partial charge in [0.1, 0.15) is 6.04 Å². The van der Waals surface area contributed by atoms with Gasteiger partial charge in [0.2, 0.25) is 10.0 Å². The molecule has 8 nitrogen and oxygen atoms in total. The molecule has 140 valence electrons. The number of methoxy groups -OCH3 is 1. The molecule has 1 aromatic carbocycles. The van der Waals surface area contributed by atoms with Gasteiger partial charge in [-0.1, -0.05) is 13.8 Å². The van der Waals surface area contributed by atoms with Gasteiger partial charge in [0.05, 0.1) is 11.5 Å². The molecular weight excluding hydrogens is 348 g/mol. The molecule has 0 aliphatic rings. The van der Waals surface area contributed by atoms with Crippen LogP contribution in [0.4, 0.5) is 0 Å². The number of amides is 1. The maximum absolute atomic E-state index is 12.2. The van der Waals surface area contributed by atoms with E-state index < -0.39 is 27.9 Å². The van der Waals surface area contributed by atoms with E-state index in [4.69, 9.17) is 9.84 Å². The quantitative estimate of drug-likeness (QED) is 0.523. The van der Waals surface area contributed by atoms with Gasteiger partial charge >= 0.3 is 5.97 Å². The van der Waals surface area contributed by atoms with Crippen LogP contribution in [-0.2, 0) is 19.6 Å². The van der Waals surface area contributed by atoms with Crippen molar-refractivity contribution < 1.29 is 27.9 Å². The minimum Gasteiger partial charge on any atom is -0.480 e. The van der Waals surface area contributed by atoms with Gasteiger partial charge in [0.25, 0.3) is 5.91 Å². The average Bonchev–Trinajstić information content (AvgIpc) is 2.54. The van der Waals surface area contributed by atoms with Crippen LogP contribution in [0.15, 0.2) is 29.2 Å². The van der Waals surface area contributed by atoms with Crippen molar-refractivity contribution in [3.05, 3.63) is 29.8 Å². The monoisotopic (exact) mass is 372 g/mol. The zero-order chi connectivity index (χ0) is 19.0. The smallest absolute Gasteiger partial charge is 0.326 e.